The van der Waals surface area contributed by atoms with Gasteiger partial charge in [0, 0.05) is 35.8 Å². The Morgan fingerprint density at radius 2 is 1.97 bits per heavy atom. The third-order valence-corrected chi connectivity index (χ3v) is 4.54. The number of amides is 1. The average molecular weight is 409 g/mol. The van der Waals surface area contributed by atoms with Crippen LogP contribution < -0.4 is 10.7 Å². The summed E-state index contributed by atoms with van der Waals surface area (Å²) in [5, 5.41) is 22.1. The standard InChI is InChI=1S/C17H14N2O.C2H5N5O3/c20-17-13-7-4-8-14-15(13)12(9-10-18-17)16(19-14)11-5-2-1-3-6-11;1-6(5-8)2(3)4-7(9)10/h1-8,19H,9-10H2,(H,18,20);1H3,(H2,3,4). The minimum atomic E-state index is -0.954. The number of carbonyl (C=O) groups is 1. The topological polar surface area (TPSA) is 157 Å². The van der Waals surface area contributed by atoms with Crippen LogP contribution in [0.3, 0.4) is 0 Å². The molecule has 0 atom stereocenters. The van der Waals surface area contributed by atoms with E-state index in [1.165, 1.54) is 16.6 Å². The molecule has 3 aromatic rings. The SMILES string of the molecule is CN(N=O)C(=N)N[N+](=O)[O-].O=C1NCCc2c(-c3ccccc3)[nH]c3cccc1c23. The van der Waals surface area contributed by atoms with Crippen molar-refractivity contribution in [3.63, 3.8) is 0 Å². The molecule has 0 saturated carbocycles. The fraction of sp³-hybridized carbons (Fsp3) is 0.158. The molecule has 2 heterocycles. The third kappa shape index (κ3) is 4.24. The number of nitrogens with zero attached hydrogens (tertiary/aromatic N) is 3. The van der Waals surface area contributed by atoms with Gasteiger partial charge in [0.1, 0.15) is 0 Å². The van der Waals surface area contributed by atoms with Crippen molar-refractivity contribution in [1.29, 1.82) is 5.41 Å². The highest BCUT2D eigenvalue weighted by atomic mass is 16.7. The second kappa shape index (κ2) is 8.82. The van der Waals surface area contributed by atoms with Gasteiger partial charge in [-0.1, -0.05) is 41.8 Å². The fourth-order valence-electron chi connectivity index (χ4n) is 3.20. The first kappa shape index (κ1) is 20.5. The van der Waals surface area contributed by atoms with Crippen LogP contribution >= 0.6 is 0 Å². The smallest absolute Gasteiger partial charge is 0.276 e. The first-order valence-electron chi connectivity index (χ1n) is 8.96. The van der Waals surface area contributed by atoms with Crippen LogP contribution in [0.4, 0.5) is 0 Å². The fourth-order valence-corrected chi connectivity index (χ4v) is 3.20. The molecule has 11 heteroatoms. The van der Waals surface area contributed by atoms with Gasteiger partial charge >= 0.3 is 0 Å². The predicted octanol–water partition coefficient (Wildman–Crippen LogP) is 2.44. The number of aromatic nitrogens is 1. The maximum absolute atomic E-state index is 12.1. The van der Waals surface area contributed by atoms with Gasteiger partial charge in [-0.15, -0.1) is 4.91 Å². The van der Waals surface area contributed by atoms with Crippen LogP contribution in [-0.2, 0) is 6.42 Å². The molecule has 0 fully saturated rings. The number of hydrogen-bond donors (Lipinski definition) is 4. The summed E-state index contributed by atoms with van der Waals surface area (Å²) in [6.07, 6.45) is 0.854. The molecule has 0 radical (unpaired) electrons. The molecule has 4 rings (SSSR count). The Morgan fingerprint density at radius 3 is 2.63 bits per heavy atom. The lowest BCUT2D eigenvalue weighted by molar-refractivity contribution is -0.526. The summed E-state index contributed by atoms with van der Waals surface area (Å²) in [5.74, 6) is -0.659. The molecule has 11 nitrogen and oxygen atoms in total. The van der Waals surface area contributed by atoms with Gasteiger partial charge in [0.25, 0.3) is 11.9 Å². The summed E-state index contributed by atoms with van der Waals surface area (Å²) >= 11 is 0. The molecule has 0 spiro atoms. The third-order valence-electron chi connectivity index (χ3n) is 4.54. The Labute approximate surface area is 170 Å². The molecule has 4 N–H and O–H groups in total. The van der Waals surface area contributed by atoms with Gasteiger partial charge < -0.3 is 10.3 Å². The number of hydrazine groups is 1. The molecule has 154 valence electrons. The van der Waals surface area contributed by atoms with Crippen molar-refractivity contribution in [2.24, 2.45) is 5.29 Å². The van der Waals surface area contributed by atoms with Crippen LogP contribution in [0.25, 0.3) is 22.2 Å². The van der Waals surface area contributed by atoms with E-state index in [-0.39, 0.29) is 5.91 Å². The minimum absolute atomic E-state index is 0.0213. The zero-order valence-corrected chi connectivity index (χ0v) is 16.0. The van der Waals surface area contributed by atoms with Gasteiger partial charge in [-0.3, -0.25) is 10.2 Å². The zero-order chi connectivity index (χ0) is 21.7. The van der Waals surface area contributed by atoms with Gasteiger partial charge in [-0.25, -0.2) is 10.1 Å². The normalized spacial score (nSPS) is 12.1. The lowest BCUT2D eigenvalue weighted by Crippen LogP contribution is -2.38. The van der Waals surface area contributed by atoms with Gasteiger partial charge in [0.2, 0.25) is 0 Å². The van der Waals surface area contributed by atoms with E-state index >= 15 is 0 Å². The molecule has 0 bridgehead atoms. The molecule has 0 saturated heterocycles. The van der Waals surface area contributed by atoms with Crippen LogP contribution in [0.1, 0.15) is 15.9 Å². The van der Waals surface area contributed by atoms with E-state index in [2.05, 4.69) is 27.7 Å². The maximum atomic E-state index is 12.1. The number of benzene rings is 2. The van der Waals surface area contributed by atoms with Gasteiger partial charge in [-0.05, 0) is 29.7 Å². The number of guanidine groups is 1. The molecular weight excluding hydrogens is 390 g/mol. The van der Waals surface area contributed by atoms with E-state index in [4.69, 9.17) is 5.41 Å². The van der Waals surface area contributed by atoms with E-state index in [1.807, 2.05) is 36.4 Å². The summed E-state index contributed by atoms with van der Waals surface area (Å²) in [6, 6.07) is 16.1. The maximum Gasteiger partial charge on any atom is 0.276 e. The molecule has 1 amide bonds. The summed E-state index contributed by atoms with van der Waals surface area (Å²) < 4.78 is 0. The number of rotatable bonds is 3. The second-order valence-electron chi connectivity index (χ2n) is 6.40. The summed E-state index contributed by atoms with van der Waals surface area (Å²) in [5.41, 5.74) is 6.77. The molecule has 1 aromatic heterocycles. The van der Waals surface area contributed by atoms with Crippen LogP contribution in [0.2, 0.25) is 0 Å². The van der Waals surface area contributed by atoms with Crippen LogP contribution in [-0.4, -0.2) is 40.5 Å². The quantitative estimate of drug-likeness (QED) is 0.171. The van der Waals surface area contributed by atoms with Crippen LogP contribution in [0, 0.1) is 20.4 Å². The van der Waals surface area contributed by atoms with Crippen molar-refractivity contribution in [2.75, 3.05) is 13.6 Å². The van der Waals surface area contributed by atoms with E-state index < -0.39 is 11.0 Å². The van der Waals surface area contributed by atoms with E-state index in [0.29, 0.717) is 11.6 Å². The Hall–Kier alpha value is -4.28. The van der Waals surface area contributed by atoms with Crippen molar-refractivity contribution in [3.05, 3.63) is 74.7 Å². The highest BCUT2D eigenvalue weighted by molar-refractivity contribution is 6.10. The number of H-pyrrole nitrogens is 1. The van der Waals surface area contributed by atoms with E-state index in [1.54, 1.807) is 0 Å². The van der Waals surface area contributed by atoms with Crippen LogP contribution in [0.5, 0.6) is 0 Å². The van der Waals surface area contributed by atoms with Crippen molar-refractivity contribution in [2.45, 2.75) is 6.42 Å². The number of nitro groups is 1. The molecule has 30 heavy (non-hydrogen) atoms. The monoisotopic (exact) mass is 409 g/mol. The van der Waals surface area contributed by atoms with E-state index in [9.17, 15) is 19.8 Å². The highest BCUT2D eigenvalue weighted by Crippen LogP contribution is 2.33. The predicted molar refractivity (Wildman–Crippen MR) is 111 cm³/mol. The van der Waals surface area contributed by atoms with Crippen molar-refractivity contribution in [1.82, 2.24) is 20.7 Å². The molecule has 1 aliphatic rings. The van der Waals surface area contributed by atoms with Crippen molar-refractivity contribution >= 4 is 22.8 Å². The van der Waals surface area contributed by atoms with Crippen molar-refractivity contribution < 1.29 is 9.83 Å². The largest absolute Gasteiger partial charge is 0.354 e. The number of hydrogen-bond acceptors (Lipinski definition) is 6. The molecule has 0 aliphatic carbocycles. The highest BCUT2D eigenvalue weighted by Gasteiger charge is 2.21. The summed E-state index contributed by atoms with van der Waals surface area (Å²) in [4.78, 5) is 34.8. The first-order chi connectivity index (χ1) is 14.4. The summed E-state index contributed by atoms with van der Waals surface area (Å²) in [6.45, 7) is 0.681. The lowest BCUT2D eigenvalue weighted by atomic mass is 10.0. The van der Waals surface area contributed by atoms with Gasteiger partial charge in [0.15, 0.2) is 5.03 Å². The van der Waals surface area contributed by atoms with Gasteiger partial charge in [-0.2, -0.15) is 5.01 Å². The number of carbonyl (C=O) groups excluding carboxylic acids is 1. The molecule has 0 unspecified atom stereocenters. The Kier molecular flexibility index (Phi) is 6.01. The number of nitrogens with one attached hydrogen (secondary N) is 4. The summed E-state index contributed by atoms with van der Waals surface area (Å²) in [7, 11) is 1.12. The van der Waals surface area contributed by atoms with E-state index in [0.717, 1.165) is 35.6 Å². The second-order valence-corrected chi connectivity index (χ2v) is 6.40. The Balaban J connectivity index is 0.000000220. The Bertz CT molecular complexity index is 1110. The zero-order valence-electron chi connectivity index (χ0n) is 16.0. The molecule has 1 aliphatic heterocycles. The average Bonchev–Trinajstić information content (AvgIpc) is 3.03. The number of aromatic amines is 1. The molecular formula is C19H19N7O4. The lowest BCUT2D eigenvalue weighted by Gasteiger charge is -2.04. The van der Waals surface area contributed by atoms with Crippen molar-refractivity contribution in [3.8, 4) is 11.3 Å². The van der Waals surface area contributed by atoms with Gasteiger partial charge in [0.05, 0.1) is 5.29 Å². The Morgan fingerprint density at radius 1 is 1.23 bits per heavy atom. The molecule has 2 aromatic carbocycles. The number of nitroso groups, excluding NO2 is 1. The van der Waals surface area contributed by atoms with Crippen LogP contribution in [0.15, 0.2) is 53.8 Å². The minimum Gasteiger partial charge on any atom is -0.354 e. The first-order valence-corrected chi connectivity index (χ1v) is 8.96.